The molecule has 0 aromatic carbocycles. The van der Waals surface area contributed by atoms with Gasteiger partial charge in [-0.2, -0.15) is 5.10 Å². The molecule has 0 aliphatic rings. The molecule has 0 spiro atoms. The lowest BCUT2D eigenvalue weighted by Crippen LogP contribution is -1.98. The van der Waals surface area contributed by atoms with Crippen LogP contribution in [0.15, 0.2) is 18.5 Å². The fourth-order valence-corrected chi connectivity index (χ4v) is 2.24. The van der Waals surface area contributed by atoms with Crippen molar-refractivity contribution in [2.45, 2.75) is 26.8 Å². The molecule has 2 rings (SSSR count). The lowest BCUT2D eigenvalue weighted by molar-refractivity contribution is 0.686. The molecular weight excluding hydrogens is 220 g/mol. The first-order chi connectivity index (χ1) is 7.78. The Balaban J connectivity index is 1.97. The summed E-state index contributed by atoms with van der Waals surface area (Å²) in [6.45, 7) is 5.93. The highest BCUT2D eigenvalue weighted by Crippen LogP contribution is 2.18. The van der Waals surface area contributed by atoms with E-state index in [0.717, 1.165) is 30.3 Å². The van der Waals surface area contributed by atoms with E-state index in [-0.39, 0.29) is 0 Å². The van der Waals surface area contributed by atoms with Crippen molar-refractivity contribution in [3.63, 3.8) is 0 Å². The summed E-state index contributed by atoms with van der Waals surface area (Å²) in [5.41, 5.74) is 1.05. The molecule has 0 fully saturated rings. The third-order valence-corrected chi connectivity index (χ3v) is 3.11. The Labute approximate surface area is 99.3 Å². The molecule has 0 atom stereocenters. The fourth-order valence-electron chi connectivity index (χ4n) is 1.41. The molecule has 0 unspecified atom stereocenters. The van der Waals surface area contributed by atoms with Crippen molar-refractivity contribution < 1.29 is 0 Å². The van der Waals surface area contributed by atoms with Crippen LogP contribution in [0, 0.1) is 6.92 Å². The van der Waals surface area contributed by atoms with Gasteiger partial charge in [0.1, 0.15) is 0 Å². The Kier molecular flexibility index (Phi) is 3.56. The number of hydrogen-bond acceptors (Lipinski definition) is 4. The summed E-state index contributed by atoms with van der Waals surface area (Å²) in [6.07, 6.45) is 5.03. The number of nitrogens with one attached hydrogen (secondary N) is 1. The van der Waals surface area contributed by atoms with E-state index < -0.39 is 0 Å². The molecular formula is C11H16N4S. The van der Waals surface area contributed by atoms with Crippen molar-refractivity contribution in [2.24, 2.45) is 0 Å². The van der Waals surface area contributed by atoms with Gasteiger partial charge in [0.15, 0.2) is 5.13 Å². The van der Waals surface area contributed by atoms with Crippen LogP contribution in [0.3, 0.4) is 0 Å². The number of aromatic nitrogens is 3. The van der Waals surface area contributed by atoms with Crippen molar-refractivity contribution >= 4 is 16.5 Å². The molecule has 16 heavy (non-hydrogen) atoms. The average Bonchev–Trinajstić information content (AvgIpc) is 2.86. The van der Waals surface area contributed by atoms with Crippen LogP contribution in [-0.4, -0.2) is 21.3 Å². The van der Waals surface area contributed by atoms with Gasteiger partial charge in [-0.05, 0) is 19.4 Å². The van der Waals surface area contributed by atoms with E-state index >= 15 is 0 Å². The summed E-state index contributed by atoms with van der Waals surface area (Å²) >= 11 is 1.69. The average molecular weight is 236 g/mol. The van der Waals surface area contributed by atoms with Crippen LogP contribution in [0.2, 0.25) is 0 Å². The van der Waals surface area contributed by atoms with Crippen LogP contribution >= 0.6 is 11.3 Å². The molecule has 0 aliphatic carbocycles. The lowest BCUT2D eigenvalue weighted by atomic mass is 10.5. The van der Waals surface area contributed by atoms with Gasteiger partial charge in [-0.1, -0.05) is 6.92 Å². The van der Waals surface area contributed by atoms with E-state index in [2.05, 4.69) is 22.3 Å². The number of aryl methyl sites for hydroxylation is 1. The number of rotatable bonds is 5. The van der Waals surface area contributed by atoms with Gasteiger partial charge < -0.3 is 5.32 Å². The Bertz CT molecular complexity index is 446. The van der Waals surface area contributed by atoms with Gasteiger partial charge in [0, 0.05) is 23.8 Å². The summed E-state index contributed by atoms with van der Waals surface area (Å²) in [6, 6.07) is 2.01. The largest absolute Gasteiger partial charge is 0.362 e. The van der Waals surface area contributed by atoms with Gasteiger partial charge in [-0.15, -0.1) is 11.3 Å². The fraction of sp³-hybridized carbons (Fsp3) is 0.455. The molecule has 0 radical (unpaired) electrons. The molecule has 0 bridgehead atoms. The van der Waals surface area contributed by atoms with Crippen molar-refractivity contribution in [1.29, 1.82) is 0 Å². The van der Waals surface area contributed by atoms with Crippen LogP contribution in [0.1, 0.15) is 23.9 Å². The first kappa shape index (κ1) is 11.1. The Morgan fingerprint density at radius 2 is 2.38 bits per heavy atom. The zero-order valence-corrected chi connectivity index (χ0v) is 10.4. The molecule has 4 nitrogen and oxygen atoms in total. The summed E-state index contributed by atoms with van der Waals surface area (Å²) < 4.78 is 1.94. The number of anilines is 1. The number of nitrogens with zero attached hydrogens (tertiary/aromatic N) is 3. The summed E-state index contributed by atoms with van der Waals surface area (Å²) in [4.78, 5) is 5.55. The second-order valence-corrected chi connectivity index (χ2v) is 4.83. The summed E-state index contributed by atoms with van der Waals surface area (Å²) in [7, 11) is 0. The minimum Gasteiger partial charge on any atom is -0.362 e. The van der Waals surface area contributed by atoms with E-state index in [0.29, 0.717) is 0 Å². The monoisotopic (exact) mass is 236 g/mol. The van der Waals surface area contributed by atoms with Crippen LogP contribution in [0.25, 0.3) is 0 Å². The molecule has 2 aromatic heterocycles. The second-order valence-electron chi connectivity index (χ2n) is 3.71. The van der Waals surface area contributed by atoms with Crippen LogP contribution in [-0.2, 0) is 6.54 Å². The molecule has 0 aliphatic heterocycles. The molecule has 86 valence electrons. The summed E-state index contributed by atoms with van der Waals surface area (Å²) in [5, 5.41) is 8.64. The van der Waals surface area contributed by atoms with Crippen molar-refractivity contribution in [2.75, 3.05) is 11.9 Å². The molecule has 1 N–H and O–H groups in total. The minimum atomic E-state index is 0.805. The van der Waals surface area contributed by atoms with E-state index in [1.165, 1.54) is 4.88 Å². The normalized spacial score (nSPS) is 10.6. The third-order valence-electron chi connectivity index (χ3n) is 2.17. The highest BCUT2D eigenvalue weighted by molar-refractivity contribution is 7.15. The Morgan fingerprint density at radius 1 is 1.50 bits per heavy atom. The highest BCUT2D eigenvalue weighted by atomic mass is 32.1. The van der Waals surface area contributed by atoms with Gasteiger partial charge >= 0.3 is 0 Å². The maximum atomic E-state index is 4.35. The predicted octanol–water partition coefficient (Wildman–Crippen LogP) is 2.52. The standard InChI is InChI=1S/C11H16N4S/c1-3-5-12-11-13-7-10(16-11)8-15-6-4-9(2)14-15/h4,6-7H,3,5,8H2,1-2H3,(H,12,13). The Hall–Kier alpha value is -1.36. The van der Waals surface area contributed by atoms with Gasteiger partial charge in [0.25, 0.3) is 0 Å². The van der Waals surface area contributed by atoms with Crippen LogP contribution < -0.4 is 5.32 Å². The SMILES string of the molecule is CCCNc1ncc(Cn2ccc(C)n2)s1. The minimum absolute atomic E-state index is 0.805. The Morgan fingerprint density at radius 3 is 3.06 bits per heavy atom. The van der Waals surface area contributed by atoms with E-state index in [4.69, 9.17) is 0 Å². The lowest BCUT2D eigenvalue weighted by Gasteiger charge is -1.98. The van der Waals surface area contributed by atoms with Crippen molar-refractivity contribution in [1.82, 2.24) is 14.8 Å². The highest BCUT2D eigenvalue weighted by Gasteiger charge is 2.02. The zero-order valence-electron chi connectivity index (χ0n) is 9.60. The summed E-state index contributed by atoms with van der Waals surface area (Å²) in [5.74, 6) is 0. The van der Waals surface area contributed by atoms with Gasteiger partial charge in [-0.25, -0.2) is 4.98 Å². The molecule has 0 saturated carbocycles. The maximum Gasteiger partial charge on any atom is 0.182 e. The van der Waals surface area contributed by atoms with Gasteiger partial charge in [-0.3, -0.25) is 4.68 Å². The zero-order chi connectivity index (χ0) is 11.4. The van der Waals surface area contributed by atoms with E-state index in [9.17, 15) is 0 Å². The molecule has 2 aromatic rings. The predicted molar refractivity (Wildman–Crippen MR) is 67.0 cm³/mol. The second kappa shape index (κ2) is 5.12. The van der Waals surface area contributed by atoms with E-state index in [1.54, 1.807) is 11.3 Å². The smallest absolute Gasteiger partial charge is 0.182 e. The third kappa shape index (κ3) is 2.82. The first-order valence-corrected chi connectivity index (χ1v) is 6.28. The van der Waals surface area contributed by atoms with Crippen LogP contribution in [0.5, 0.6) is 0 Å². The molecule has 2 heterocycles. The van der Waals surface area contributed by atoms with Gasteiger partial charge in [0.2, 0.25) is 0 Å². The van der Waals surface area contributed by atoms with Crippen molar-refractivity contribution in [3.8, 4) is 0 Å². The van der Waals surface area contributed by atoms with Gasteiger partial charge in [0.05, 0.1) is 12.2 Å². The van der Waals surface area contributed by atoms with Crippen LogP contribution in [0.4, 0.5) is 5.13 Å². The quantitative estimate of drug-likeness (QED) is 0.867. The maximum absolute atomic E-state index is 4.35. The number of thiazole rings is 1. The van der Waals surface area contributed by atoms with E-state index in [1.807, 2.05) is 30.1 Å². The van der Waals surface area contributed by atoms with Crippen molar-refractivity contribution in [3.05, 3.63) is 29.0 Å². The molecule has 0 amide bonds. The molecule has 0 saturated heterocycles. The number of hydrogen-bond donors (Lipinski definition) is 1. The first-order valence-electron chi connectivity index (χ1n) is 5.46. The topological polar surface area (TPSA) is 42.7 Å². The molecule has 5 heteroatoms.